The molecule has 2 aromatic carbocycles. The lowest BCUT2D eigenvalue weighted by atomic mass is 9.99. The second-order valence-electron chi connectivity index (χ2n) is 10.5. The summed E-state index contributed by atoms with van der Waals surface area (Å²) in [5, 5.41) is 17.0. The largest absolute Gasteiger partial charge is 0.497 e. The van der Waals surface area contributed by atoms with Crippen molar-refractivity contribution >= 4 is 27.5 Å². The van der Waals surface area contributed by atoms with Crippen LogP contribution in [0.3, 0.4) is 0 Å². The summed E-state index contributed by atoms with van der Waals surface area (Å²) in [7, 11) is 0.721. The number of sulfonamides is 1. The number of benzene rings is 2. The first-order chi connectivity index (χ1) is 19.9. The van der Waals surface area contributed by atoms with Crippen LogP contribution in [-0.2, 0) is 17.1 Å². The number of carbonyl (C=O) groups is 2. The van der Waals surface area contributed by atoms with Crippen LogP contribution in [0.5, 0.6) is 11.5 Å². The normalized spacial score (nSPS) is 18.1. The van der Waals surface area contributed by atoms with E-state index in [0.29, 0.717) is 17.1 Å². The van der Waals surface area contributed by atoms with Crippen LogP contribution < -0.4 is 14.8 Å². The number of ether oxygens (including phenoxy) is 2. The Labute approximate surface area is 245 Å². The lowest BCUT2D eigenvalue weighted by molar-refractivity contribution is 0.0388. The molecular weight excluding hydrogens is 562 g/mol. The van der Waals surface area contributed by atoms with Gasteiger partial charge in [0.2, 0.25) is 10.0 Å². The number of aliphatic hydroxyl groups is 1. The molecule has 2 N–H and O–H groups in total. The second kappa shape index (κ2) is 12.5. The topological polar surface area (TPSA) is 143 Å². The van der Waals surface area contributed by atoms with Crippen molar-refractivity contribution in [1.82, 2.24) is 19.0 Å². The molecule has 12 nitrogen and oxygen atoms in total. The average Bonchev–Trinajstić information content (AvgIpc) is 3.32. The van der Waals surface area contributed by atoms with Crippen LogP contribution in [-0.4, -0.2) is 90.3 Å². The number of nitrogens with one attached hydrogen (secondary N) is 1. The molecule has 0 saturated heterocycles. The molecule has 4 rings (SSSR count). The number of anilines is 1. The van der Waals surface area contributed by atoms with Gasteiger partial charge in [0.1, 0.15) is 17.5 Å². The fourth-order valence-electron chi connectivity index (χ4n) is 4.85. The quantitative estimate of drug-likeness (QED) is 0.382. The summed E-state index contributed by atoms with van der Waals surface area (Å²) < 4.78 is 41.2. The molecule has 2 heterocycles. The SMILES string of the molecule is COc1ccc(S(=O)(=O)N(C)C[C@@H]2Oc3c(NC(=O)c4cc(C)nn4C)cccc3C(=O)N([C@H](C)CO)C[C@@H]2C)cc1. The highest BCUT2D eigenvalue weighted by Gasteiger charge is 2.36. The van der Waals surface area contributed by atoms with E-state index in [4.69, 9.17) is 9.47 Å². The molecule has 0 bridgehead atoms. The number of hydrogen-bond donors (Lipinski definition) is 2. The first kappa shape index (κ1) is 31.0. The smallest absolute Gasteiger partial charge is 0.274 e. The van der Waals surface area contributed by atoms with E-state index in [0.717, 1.165) is 0 Å². The molecule has 1 aliphatic heterocycles. The summed E-state index contributed by atoms with van der Waals surface area (Å²) in [6.45, 7) is 5.27. The Morgan fingerprint density at radius 3 is 2.55 bits per heavy atom. The number of para-hydroxylation sites is 1. The third-order valence-electron chi connectivity index (χ3n) is 7.38. The van der Waals surface area contributed by atoms with Crippen molar-refractivity contribution in [2.24, 2.45) is 13.0 Å². The van der Waals surface area contributed by atoms with Gasteiger partial charge in [-0.2, -0.15) is 9.40 Å². The molecule has 2 amide bonds. The highest BCUT2D eigenvalue weighted by molar-refractivity contribution is 7.89. The second-order valence-corrected chi connectivity index (χ2v) is 12.6. The van der Waals surface area contributed by atoms with Crippen molar-refractivity contribution in [2.75, 3.05) is 39.2 Å². The number of rotatable bonds is 9. The fourth-order valence-corrected chi connectivity index (χ4v) is 6.03. The van der Waals surface area contributed by atoms with Crippen LogP contribution in [0.4, 0.5) is 5.69 Å². The van der Waals surface area contributed by atoms with Crippen molar-refractivity contribution < 1.29 is 32.6 Å². The Morgan fingerprint density at radius 2 is 1.95 bits per heavy atom. The van der Waals surface area contributed by atoms with Crippen LogP contribution in [0.1, 0.15) is 40.4 Å². The number of aliphatic hydroxyl groups excluding tert-OH is 1. The van der Waals surface area contributed by atoms with Crippen LogP contribution in [0.2, 0.25) is 0 Å². The number of methoxy groups -OCH3 is 1. The predicted molar refractivity (Wildman–Crippen MR) is 156 cm³/mol. The van der Waals surface area contributed by atoms with Crippen LogP contribution in [0.15, 0.2) is 53.4 Å². The first-order valence-corrected chi connectivity index (χ1v) is 14.9. The Kier molecular flexibility index (Phi) is 9.24. The Morgan fingerprint density at radius 1 is 1.26 bits per heavy atom. The van der Waals surface area contributed by atoms with Gasteiger partial charge in [-0.3, -0.25) is 14.3 Å². The standard InChI is InChI=1S/C29H37N5O7S/c1-18-15-34(20(3)17-35)29(37)23-8-7-9-24(30-28(36)25-14-19(2)31-33(25)5)27(23)41-26(18)16-32(4)42(38,39)22-12-10-21(40-6)11-13-22/h7-14,18,20,26,35H,15-17H2,1-6H3,(H,30,36)/t18-,20+,26-/m0/s1. The molecule has 13 heteroatoms. The number of carbonyl (C=O) groups excluding carboxylic acids is 2. The van der Waals surface area contributed by atoms with Crippen molar-refractivity contribution in [3.05, 3.63) is 65.5 Å². The van der Waals surface area contributed by atoms with E-state index in [1.54, 1.807) is 62.2 Å². The van der Waals surface area contributed by atoms with E-state index < -0.39 is 28.1 Å². The minimum absolute atomic E-state index is 0.0479. The number of aromatic nitrogens is 2. The highest BCUT2D eigenvalue weighted by Crippen LogP contribution is 2.35. The summed E-state index contributed by atoms with van der Waals surface area (Å²) in [4.78, 5) is 28.6. The molecule has 3 atom stereocenters. The lowest BCUT2D eigenvalue weighted by Gasteiger charge is -2.38. The zero-order valence-electron chi connectivity index (χ0n) is 24.6. The van der Waals surface area contributed by atoms with Crippen molar-refractivity contribution in [1.29, 1.82) is 0 Å². The van der Waals surface area contributed by atoms with E-state index in [9.17, 15) is 23.1 Å². The third kappa shape index (κ3) is 6.27. The van der Waals surface area contributed by atoms with Gasteiger partial charge in [-0.25, -0.2) is 8.42 Å². The first-order valence-electron chi connectivity index (χ1n) is 13.5. The van der Waals surface area contributed by atoms with Gasteiger partial charge in [0.15, 0.2) is 5.75 Å². The van der Waals surface area contributed by atoms with Gasteiger partial charge in [-0.15, -0.1) is 0 Å². The van der Waals surface area contributed by atoms with Crippen LogP contribution in [0, 0.1) is 12.8 Å². The molecule has 226 valence electrons. The summed E-state index contributed by atoms with van der Waals surface area (Å²) in [5.41, 5.74) is 1.42. The number of likely N-dealkylation sites (N-methyl/N-ethyl adjacent to an activating group) is 1. The van der Waals surface area contributed by atoms with Gasteiger partial charge in [-0.05, 0) is 56.3 Å². The van der Waals surface area contributed by atoms with Crippen molar-refractivity contribution in [2.45, 2.75) is 37.8 Å². The number of hydrogen-bond acceptors (Lipinski definition) is 8. The van der Waals surface area contributed by atoms with Gasteiger partial charge in [0.25, 0.3) is 11.8 Å². The van der Waals surface area contributed by atoms with Gasteiger partial charge in [0, 0.05) is 26.6 Å². The predicted octanol–water partition coefficient (Wildman–Crippen LogP) is 2.53. The number of amides is 2. The van der Waals surface area contributed by atoms with Gasteiger partial charge >= 0.3 is 0 Å². The minimum atomic E-state index is -3.90. The summed E-state index contributed by atoms with van der Waals surface area (Å²) in [6, 6.07) is 12.1. The minimum Gasteiger partial charge on any atom is -0.497 e. The Balaban J connectivity index is 1.72. The van der Waals surface area contributed by atoms with Crippen molar-refractivity contribution in [3.63, 3.8) is 0 Å². The molecule has 0 spiro atoms. The molecule has 0 radical (unpaired) electrons. The number of fused-ring (bicyclic) bond motifs is 1. The van der Waals surface area contributed by atoms with Crippen molar-refractivity contribution in [3.8, 4) is 11.5 Å². The fraction of sp³-hybridized carbons (Fsp3) is 0.414. The number of nitrogens with zero attached hydrogens (tertiary/aromatic N) is 4. The zero-order valence-corrected chi connectivity index (χ0v) is 25.4. The van der Waals surface area contributed by atoms with E-state index in [-0.39, 0.29) is 53.4 Å². The highest BCUT2D eigenvalue weighted by atomic mass is 32.2. The van der Waals surface area contributed by atoms with Gasteiger partial charge in [0.05, 0.1) is 48.1 Å². The average molecular weight is 600 g/mol. The summed E-state index contributed by atoms with van der Waals surface area (Å²) in [5.74, 6) is -0.522. The Bertz CT molecular complexity index is 1550. The lowest BCUT2D eigenvalue weighted by Crippen LogP contribution is -2.50. The van der Waals surface area contributed by atoms with E-state index >= 15 is 0 Å². The van der Waals surface area contributed by atoms with Gasteiger partial charge < -0.3 is 24.8 Å². The number of aryl methyl sites for hydroxylation is 2. The van der Waals surface area contributed by atoms with Crippen LogP contribution in [0.25, 0.3) is 0 Å². The zero-order chi connectivity index (χ0) is 30.8. The molecular formula is C29H37N5O7S. The Hall–Kier alpha value is -3.94. The monoisotopic (exact) mass is 599 g/mol. The summed E-state index contributed by atoms with van der Waals surface area (Å²) >= 11 is 0. The van der Waals surface area contributed by atoms with E-state index in [2.05, 4.69) is 10.4 Å². The van der Waals surface area contributed by atoms with Crippen LogP contribution >= 0.6 is 0 Å². The molecule has 42 heavy (non-hydrogen) atoms. The molecule has 1 aliphatic rings. The van der Waals surface area contributed by atoms with Gasteiger partial charge in [-0.1, -0.05) is 13.0 Å². The summed E-state index contributed by atoms with van der Waals surface area (Å²) in [6.07, 6.45) is -0.722. The molecule has 0 saturated carbocycles. The molecule has 0 aliphatic carbocycles. The molecule has 0 unspecified atom stereocenters. The van der Waals surface area contributed by atoms with E-state index in [1.165, 1.54) is 35.3 Å². The molecule has 3 aromatic rings. The third-order valence-corrected chi connectivity index (χ3v) is 9.22. The maximum absolute atomic E-state index is 13.7. The molecule has 1 aromatic heterocycles. The maximum atomic E-state index is 13.7. The van der Waals surface area contributed by atoms with E-state index in [1.807, 2.05) is 6.92 Å². The maximum Gasteiger partial charge on any atom is 0.274 e. The molecule has 0 fully saturated rings.